The first kappa shape index (κ1) is 19.9. The third-order valence-corrected chi connectivity index (χ3v) is 4.58. The molecule has 2 amide bonds. The number of hydrogen-bond donors (Lipinski definition) is 0. The standard InChI is InChI=1S/C19H28N2O5/c1-5-6-7-17(22)20-8-10-21(11-9-20)19(23)14-12-15(24-2)18(26-4)16(13-14)25-3/h12-13H,5-11H2,1-4H3. The summed E-state index contributed by atoms with van der Waals surface area (Å²) in [5.74, 6) is 1.42. The fourth-order valence-electron chi connectivity index (χ4n) is 3.03. The molecule has 1 aliphatic heterocycles. The van der Waals surface area contributed by atoms with E-state index in [0.717, 1.165) is 12.8 Å². The number of piperazine rings is 1. The topological polar surface area (TPSA) is 68.3 Å². The molecule has 1 heterocycles. The number of hydrogen-bond acceptors (Lipinski definition) is 5. The van der Waals surface area contributed by atoms with Gasteiger partial charge in [-0.05, 0) is 18.6 Å². The number of amides is 2. The summed E-state index contributed by atoms with van der Waals surface area (Å²) >= 11 is 0. The summed E-state index contributed by atoms with van der Waals surface area (Å²) in [6.07, 6.45) is 2.49. The van der Waals surface area contributed by atoms with Gasteiger partial charge in [-0.2, -0.15) is 0 Å². The first-order valence-corrected chi connectivity index (χ1v) is 8.92. The van der Waals surface area contributed by atoms with Crippen molar-refractivity contribution in [2.24, 2.45) is 0 Å². The zero-order valence-corrected chi connectivity index (χ0v) is 16.0. The molecule has 2 rings (SSSR count). The van der Waals surface area contributed by atoms with Crippen LogP contribution in [0.5, 0.6) is 17.2 Å². The Kier molecular flexibility index (Phi) is 7.12. The third-order valence-electron chi connectivity index (χ3n) is 4.58. The van der Waals surface area contributed by atoms with Crippen LogP contribution < -0.4 is 14.2 Å². The van der Waals surface area contributed by atoms with Crippen LogP contribution in [0.3, 0.4) is 0 Å². The summed E-state index contributed by atoms with van der Waals surface area (Å²) in [7, 11) is 4.56. The zero-order valence-electron chi connectivity index (χ0n) is 16.0. The number of unbranched alkanes of at least 4 members (excludes halogenated alkanes) is 1. The van der Waals surface area contributed by atoms with Crippen molar-refractivity contribution in [2.75, 3.05) is 47.5 Å². The minimum absolute atomic E-state index is 0.107. The van der Waals surface area contributed by atoms with Crippen LogP contribution in [0.25, 0.3) is 0 Å². The van der Waals surface area contributed by atoms with Gasteiger partial charge >= 0.3 is 0 Å². The lowest BCUT2D eigenvalue weighted by Gasteiger charge is -2.35. The molecule has 1 aromatic rings. The lowest BCUT2D eigenvalue weighted by Crippen LogP contribution is -2.50. The van der Waals surface area contributed by atoms with Gasteiger partial charge < -0.3 is 24.0 Å². The maximum atomic E-state index is 12.9. The number of ether oxygens (including phenoxy) is 3. The van der Waals surface area contributed by atoms with E-state index in [-0.39, 0.29) is 11.8 Å². The molecule has 0 unspecified atom stereocenters. The second-order valence-electron chi connectivity index (χ2n) is 6.19. The van der Waals surface area contributed by atoms with Crippen molar-refractivity contribution in [3.05, 3.63) is 17.7 Å². The Bertz CT molecular complexity index is 614. The molecular formula is C19H28N2O5. The molecule has 0 aromatic heterocycles. The molecule has 1 fully saturated rings. The van der Waals surface area contributed by atoms with Gasteiger partial charge in [-0.15, -0.1) is 0 Å². The number of carbonyl (C=O) groups excluding carboxylic acids is 2. The van der Waals surface area contributed by atoms with Crippen LogP contribution in [0.2, 0.25) is 0 Å². The molecule has 0 atom stereocenters. The Morgan fingerprint density at radius 2 is 1.46 bits per heavy atom. The van der Waals surface area contributed by atoms with E-state index in [4.69, 9.17) is 14.2 Å². The number of methoxy groups -OCH3 is 3. The first-order valence-electron chi connectivity index (χ1n) is 8.92. The second kappa shape index (κ2) is 9.31. The van der Waals surface area contributed by atoms with E-state index >= 15 is 0 Å². The van der Waals surface area contributed by atoms with Crippen LogP contribution in [0.4, 0.5) is 0 Å². The van der Waals surface area contributed by atoms with E-state index in [1.54, 1.807) is 17.0 Å². The summed E-state index contributed by atoms with van der Waals surface area (Å²) in [6.45, 7) is 4.25. The largest absolute Gasteiger partial charge is 0.493 e. The summed E-state index contributed by atoms with van der Waals surface area (Å²) in [5.41, 5.74) is 0.477. The monoisotopic (exact) mass is 364 g/mol. The Morgan fingerprint density at radius 3 is 1.92 bits per heavy atom. The average Bonchev–Trinajstić information content (AvgIpc) is 2.70. The second-order valence-corrected chi connectivity index (χ2v) is 6.19. The molecule has 0 N–H and O–H groups in total. The molecule has 1 saturated heterocycles. The van der Waals surface area contributed by atoms with Gasteiger partial charge in [-0.3, -0.25) is 9.59 Å². The van der Waals surface area contributed by atoms with Crippen molar-refractivity contribution < 1.29 is 23.8 Å². The van der Waals surface area contributed by atoms with E-state index in [9.17, 15) is 9.59 Å². The van der Waals surface area contributed by atoms with Gasteiger partial charge in [-0.25, -0.2) is 0 Å². The van der Waals surface area contributed by atoms with Crippen molar-refractivity contribution in [3.8, 4) is 17.2 Å². The molecule has 1 aliphatic rings. The molecule has 0 saturated carbocycles. The predicted molar refractivity (Wildman–Crippen MR) is 98.1 cm³/mol. The van der Waals surface area contributed by atoms with Gasteiger partial charge in [0.2, 0.25) is 11.7 Å². The molecule has 7 heteroatoms. The van der Waals surface area contributed by atoms with Gasteiger partial charge in [0.15, 0.2) is 11.5 Å². The molecule has 144 valence electrons. The van der Waals surface area contributed by atoms with Crippen molar-refractivity contribution in [3.63, 3.8) is 0 Å². The highest BCUT2D eigenvalue weighted by molar-refractivity contribution is 5.96. The highest BCUT2D eigenvalue weighted by atomic mass is 16.5. The number of benzene rings is 1. The first-order chi connectivity index (χ1) is 12.5. The quantitative estimate of drug-likeness (QED) is 0.742. The summed E-state index contributed by atoms with van der Waals surface area (Å²) in [5, 5.41) is 0. The van der Waals surface area contributed by atoms with Crippen LogP contribution in [-0.2, 0) is 4.79 Å². The Morgan fingerprint density at radius 1 is 0.923 bits per heavy atom. The fourth-order valence-corrected chi connectivity index (χ4v) is 3.03. The minimum atomic E-state index is -0.107. The Labute approximate surface area is 154 Å². The van der Waals surface area contributed by atoms with Crippen molar-refractivity contribution >= 4 is 11.8 Å². The molecule has 0 bridgehead atoms. The normalized spacial score (nSPS) is 14.2. The molecular weight excluding hydrogens is 336 g/mol. The number of carbonyl (C=O) groups is 2. The summed E-state index contributed by atoms with van der Waals surface area (Å²) in [6, 6.07) is 3.31. The molecule has 7 nitrogen and oxygen atoms in total. The third kappa shape index (κ3) is 4.39. The lowest BCUT2D eigenvalue weighted by molar-refractivity contribution is -0.132. The highest BCUT2D eigenvalue weighted by Crippen LogP contribution is 2.38. The molecule has 0 aliphatic carbocycles. The van der Waals surface area contributed by atoms with Crippen molar-refractivity contribution in [1.29, 1.82) is 0 Å². The number of rotatable bonds is 7. The summed E-state index contributed by atoms with van der Waals surface area (Å²) in [4.78, 5) is 28.6. The van der Waals surface area contributed by atoms with E-state index in [0.29, 0.717) is 55.4 Å². The van der Waals surface area contributed by atoms with E-state index in [2.05, 4.69) is 6.92 Å². The molecule has 26 heavy (non-hydrogen) atoms. The van der Waals surface area contributed by atoms with Gasteiger partial charge in [0.25, 0.3) is 5.91 Å². The van der Waals surface area contributed by atoms with Crippen molar-refractivity contribution in [2.45, 2.75) is 26.2 Å². The minimum Gasteiger partial charge on any atom is -0.493 e. The summed E-state index contributed by atoms with van der Waals surface area (Å²) < 4.78 is 15.9. The van der Waals surface area contributed by atoms with Crippen LogP contribution in [0.1, 0.15) is 36.5 Å². The van der Waals surface area contributed by atoms with Gasteiger partial charge in [0.1, 0.15) is 0 Å². The van der Waals surface area contributed by atoms with Crippen LogP contribution in [0.15, 0.2) is 12.1 Å². The zero-order chi connectivity index (χ0) is 19.1. The van der Waals surface area contributed by atoms with Gasteiger partial charge in [-0.1, -0.05) is 13.3 Å². The molecule has 1 aromatic carbocycles. The Balaban J connectivity index is 2.07. The van der Waals surface area contributed by atoms with E-state index in [1.807, 2.05) is 4.90 Å². The van der Waals surface area contributed by atoms with E-state index in [1.165, 1.54) is 21.3 Å². The lowest BCUT2D eigenvalue weighted by atomic mass is 10.1. The fraction of sp³-hybridized carbons (Fsp3) is 0.579. The predicted octanol–water partition coefficient (Wildman–Crippen LogP) is 2.19. The maximum Gasteiger partial charge on any atom is 0.254 e. The highest BCUT2D eigenvalue weighted by Gasteiger charge is 2.26. The maximum absolute atomic E-state index is 12.9. The number of nitrogens with zero attached hydrogens (tertiary/aromatic N) is 2. The van der Waals surface area contributed by atoms with Crippen LogP contribution >= 0.6 is 0 Å². The molecule has 0 spiro atoms. The van der Waals surface area contributed by atoms with Gasteiger partial charge in [0.05, 0.1) is 21.3 Å². The van der Waals surface area contributed by atoms with Crippen LogP contribution in [-0.4, -0.2) is 69.1 Å². The van der Waals surface area contributed by atoms with E-state index < -0.39 is 0 Å². The average molecular weight is 364 g/mol. The van der Waals surface area contributed by atoms with Gasteiger partial charge in [0, 0.05) is 38.2 Å². The van der Waals surface area contributed by atoms with Crippen molar-refractivity contribution in [1.82, 2.24) is 9.80 Å². The molecule has 0 radical (unpaired) electrons. The SMILES string of the molecule is CCCCC(=O)N1CCN(C(=O)c2cc(OC)c(OC)c(OC)c2)CC1. The van der Waals surface area contributed by atoms with Crippen LogP contribution in [0, 0.1) is 0 Å². The smallest absolute Gasteiger partial charge is 0.254 e. The Hall–Kier alpha value is -2.44.